The summed E-state index contributed by atoms with van der Waals surface area (Å²) >= 11 is 1.36. The van der Waals surface area contributed by atoms with E-state index in [9.17, 15) is 14.7 Å². The van der Waals surface area contributed by atoms with Crippen LogP contribution < -0.4 is 5.32 Å². The highest BCUT2D eigenvalue weighted by Crippen LogP contribution is 2.33. The van der Waals surface area contributed by atoms with Crippen LogP contribution in [0.3, 0.4) is 0 Å². The number of nitrogens with zero attached hydrogens (tertiary/aromatic N) is 1. The van der Waals surface area contributed by atoms with Crippen LogP contribution in [0.2, 0.25) is 0 Å². The molecule has 27 heavy (non-hydrogen) atoms. The largest absolute Gasteiger partial charge is 0.508 e. The van der Waals surface area contributed by atoms with Crippen LogP contribution in [0.25, 0.3) is 21.3 Å². The van der Waals surface area contributed by atoms with Crippen LogP contribution in [0.15, 0.2) is 66.9 Å². The highest BCUT2D eigenvalue weighted by atomic mass is 32.1. The number of benzene rings is 2. The Kier molecular flexibility index (Phi) is 4.40. The van der Waals surface area contributed by atoms with E-state index >= 15 is 0 Å². The number of anilines is 1. The first-order valence-electron chi connectivity index (χ1n) is 8.18. The molecule has 0 fully saturated rings. The van der Waals surface area contributed by atoms with Gasteiger partial charge in [-0.1, -0.05) is 6.07 Å². The van der Waals surface area contributed by atoms with Crippen molar-refractivity contribution in [3.63, 3.8) is 0 Å². The van der Waals surface area contributed by atoms with Gasteiger partial charge in [-0.3, -0.25) is 14.6 Å². The first kappa shape index (κ1) is 16.9. The number of phenols is 1. The summed E-state index contributed by atoms with van der Waals surface area (Å²) in [5.41, 5.74) is 2.82. The number of aldehydes is 1. The van der Waals surface area contributed by atoms with Crippen molar-refractivity contribution in [3.05, 3.63) is 77.3 Å². The number of fused-ring (bicyclic) bond motifs is 1. The Labute approximate surface area is 158 Å². The van der Waals surface area contributed by atoms with Gasteiger partial charge >= 0.3 is 0 Å². The molecule has 1 amide bonds. The Bertz CT molecular complexity index is 1170. The zero-order valence-corrected chi connectivity index (χ0v) is 14.9. The maximum absolute atomic E-state index is 12.5. The minimum atomic E-state index is -0.246. The molecule has 2 N–H and O–H groups in total. The number of carbonyl (C=O) groups is 2. The lowest BCUT2D eigenvalue weighted by Gasteiger charge is -2.05. The number of pyridine rings is 1. The molecule has 2 aromatic heterocycles. The van der Waals surface area contributed by atoms with Crippen molar-refractivity contribution in [2.75, 3.05) is 5.32 Å². The maximum atomic E-state index is 12.5. The van der Waals surface area contributed by atoms with E-state index in [1.165, 1.54) is 17.4 Å². The van der Waals surface area contributed by atoms with Crippen LogP contribution >= 0.6 is 11.3 Å². The van der Waals surface area contributed by atoms with Gasteiger partial charge in [-0.25, -0.2) is 0 Å². The number of phenolic OH excluding ortho intramolecular Hbond substituents is 1. The maximum Gasteiger partial charge on any atom is 0.265 e. The Balaban J connectivity index is 1.67. The molecule has 5 nitrogen and oxygen atoms in total. The van der Waals surface area contributed by atoms with Gasteiger partial charge in [-0.2, -0.15) is 0 Å². The van der Waals surface area contributed by atoms with Crippen molar-refractivity contribution in [2.45, 2.75) is 0 Å². The van der Waals surface area contributed by atoms with Gasteiger partial charge in [-0.05, 0) is 48.5 Å². The average molecular weight is 374 g/mol. The highest BCUT2D eigenvalue weighted by Gasteiger charge is 2.13. The molecule has 2 aromatic carbocycles. The van der Waals surface area contributed by atoms with Gasteiger partial charge in [-0.15, -0.1) is 11.3 Å². The summed E-state index contributed by atoms with van der Waals surface area (Å²) in [6.07, 6.45) is 2.52. The smallest absolute Gasteiger partial charge is 0.265 e. The van der Waals surface area contributed by atoms with Gasteiger partial charge in [0, 0.05) is 39.3 Å². The Morgan fingerprint density at radius 1 is 1.07 bits per heavy atom. The first-order chi connectivity index (χ1) is 13.1. The first-order valence-corrected chi connectivity index (χ1v) is 9.00. The van der Waals surface area contributed by atoms with E-state index in [1.807, 2.05) is 18.2 Å². The second-order valence-corrected chi connectivity index (χ2v) is 7.01. The van der Waals surface area contributed by atoms with Crippen molar-refractivity contribution >= 4 is 40.1 Å². The Hall–Kier alpha value is -3.51. The van der Waals surface area contributed by atoms with E-state index in [0.717, 1.165) is 27.6 Å². The van der Waals surface area contributed by atoms with Crippen LogP contribution in [-0.2, 0) is 0 Å². The molecule has 0 saturated carbocycles. The van der Waals surface area contributed by atoms with Gasteiger partial charge in [0.1, 0.15) is 12.0 Å². The molecule has 132 valence electrons. The van der Waals surface area contributed by atoms with Gasteiger partial charge in [0.15, 0.2) is 0 Å². The fraction of sp³-hybridized carbons (Fsp3) is 0. The number of carbonyl (C=O) groups excluding carboxylic acids is 2. The van der Waals surface area contributed by atoms with Crippen LogP contribution in [0.1, 0.15) is 20.0 Å². The van der Waals surface area contributed by atoms with Gasteiger partial charge < -0.3 is 10.4 Å². The standard InChI is InChI=1S/C21H14N2O3S/c24-12-13-4-5-18-17(10-13)16(8-9-22-18)19-6-7-20(27-19)21(26)23-14-2-1-3-15(25)11-14/h1-12,25H,(H,23,26). The molecule has 0 aliphatic rings. The third-order valence-electron chi connectivity index (χ3n) is 4.10. The lowest BCUT2D eigenvalue weighted by Crippen LogP contribution is -2.09. The van der Waals surface area contributed by atoms with E-state index in [4.69, 9.17) is 0 Å². The summed E-state index contributed by atoms with van der Waals surface area (Å²) < 4.78 is 0. The lowest BCUT2D eigenvalue weighted by molar-refractivity contribution is 0.103. The topological polar surface area (TPSA) is 79.3 Å². The van der Waals surface area contributed by atoms with Crippen LogP contribution in [0.5, 0.6) is 5.75 Å². The number of nitrogens with one attached hydrogen (secondary N) is 1. The van der Waals surface area contributed by atoms with Gasteiger partial charge in [0.2, 0.25) is 0 Å². The Morgan fingerprint density at radius 2 is 1.96 bits per heavy atom. The molecule has 0 atom stereocenters. The van der Waals surface area contributed by atoms with Gasteiger partial charge in [0.05, 0.1) is 10.4 Å². The zero-order chi connectivity index (χ0) is 18.8. The van der Waals surface area contributed by atoms with E-state index in [2.05, 4.69) is 10.3 Å². The number of hydrogen-bond donors (Lipinski definition) is 2. The van der Waals surface area contributed by atoms with E-state index in [-0.39, 0.29) is 11.7 Å². The van der Waals surface area contributed by atoms with Crippen molar-refractivity contribution in [1.29, 1.82) is 0 Å². The summed E-state index contributed by atoms with van der Waals surface area (Å²) in [5.74, 6) is -0.155. The monoisotopic (exact) mass is 374 g/mol. The molecule has 6 heteroatoms. The second-order valence-electron chi connectivity index (χ2n) is 5.92. The SMILES string of the molecule is O=Cc1ccc2nccc(-c3ccc(C(=O)Nc4cccc(O)c4)s3)c2c1. The van der Waals surface area contributed by atoms with E-state index in [0.29, 0.717) is 16.1 Å². The van der Waals surface area contributed by atoms with E-state index in [1.54, 1.807) is 42.6 Å². The third kappa shape index (κ3) is 3.43. The quantitative estimate of drug-likeness (QED) is 0.506. The fourth-order valence-corrected chi connectivity index (χ4v) is 3.77. The minimum absolute atomic E-state index is 0.0916. The molecule has 4 rings (SSSR count). The molecule has 0 aliphatic heterocycles. The highest BCUT2D eigenvalue weighted by molar-refractivity contribution is 7.17. The van der Waals surface area contributed by atoms with E-state index < -0.39 is 0 Å². The third-order valence-corrected chi connectivity index (χ3v) is 5.22. The van der Waals surface area contributed by atoms with Crippen molar-refractivity contribution in [2.24, 2.45) is 0 Å². The summed E-state index contributed by atoms with van der Waals surface area (Å²) in [6.45, 7) is 0. The zero-order valence-electron chi connectivity index (χ0n) is 14.0. The molecule has 0 saturated heterocycles. The molecule has 0 spiro atoms. The number of amides is 1. The van der Waals surface area contributed by atoms with Crippen LogP contribution in [-0.4, -0.2) is 22.3 Å². The molecule has 0 unspecified atom stereocenters. The van der Waals surface area contributed by atoms with Crippen molar-refractivity contribution in [1.82, 2.24) is 4.98 Å². The number of thiophene rings is 1. The summed E-state index contributed by atoms with van der Waals surface area (Å²) in [4.78, 5) is 29.4. The average Bonchev–Trinajstić information content (AvgIpc) is 3.17. The molecule has 0 aliphatic carbocycles. The summed E-state index contributed by atoms with van der Waals surface area (Å²) in [5, 5.41) is 13.1. The normalized spacial score (nSPS) is 10.7. The van der Waals surface area contributed by atoms with Crippen LogP contribution in [0.4, 0.5) is 5.69 Å². The predicted molar refractivity (Wildman–Crippen MR) is 107 cm³/mol. The van der Waals surface area contributed by atoms with Crippen LogP contribution in [0, 0.1) is 0 Å². The molecule has 0 bridgehead atoms. The molecular formula is C21H14N2O3S. The number of rotatable bonds is 4. The second kappa shape index (κ2) is 7.01. The molecule has 4 aromatic rings. The molecule has 2 heterocycles. The van der Waals surface area contributed by atoms with Crippen molar-refractivity contribution < 1.29 is 14.7 Å². The molecular weight excluding hydrogens is 360 g/mol. The minimum Gasteiger partial charge on any atom is -0.508 e. The van der Waals surface area contributed by atoms with Crippen molar-refractivity contribution in [3.8, 4) is 16.2 Å². The fourth-order valence-electron chi connectivity index (χ4n) is 2.83. The summed E-state index contributed by atoms with van der Waals surface area (Å²) in [6, 6.07) is 17.3. The number of hydrogen-bond acceptors (Lipinski definition) is 5. The number of aromatic hydroxyl groups is 1. The van der Waals surface area contributed by atoms with Gasteiger partial charge in [0.25, 0.3) is 5.91 Å². The lowest BCUT2D eigenvalue weighted by atomic mass is 10.1. The molecule has 0 radical (unpaired) electrons. The summed E-state index contributed by atoms with van der Waals surface area (Å²) in [7, 11) is 0. The Morgan fingerprint density at radius 3 is 2.78 bits per heavy atom. The predicted octanol–water partition coefficient (Wildman–Crippen LogP) is 4.73. The number of aromatic nitrogens is 1.